The molecule has 2 heterocycles. The standard InChI is InChI=1S/C14H12N6O5/c1-9-12(20(23)24)8-18(16-9)7-6-13-15-14(17-25-13)10-2-4-11(5-3-10)19(21)22/h2-5,8H,6-7H2,1H3. The SMILES string of the molecule is Cc1nn(CCc2nc(-c3ccc([N+](=O)[O-])cc3)no2)cc1[N+](=O)[O-]. The first-order chi connectivity index (χ1) is 11.9. The van der Waals surface area contributed by atoms with Crippen LogP contribution in [0.3, 0.4) is 0 Å². The molecule has 128 valence electrons. The molecule has 0 unspecified atom stereocenters. The van der Waals surface area contributed by atoms with Crippen molar-refractivity contribution in [2.45, 2.75) is 19.9 Å². The van der Waals surface area contributed by atoms with Gasteiger partial charge in [-0.25, -0.2) is 0 Å². The Morgan fingerprint density at radius 1 is 1.16 bits per heavy atom. The summed E-state index contributed by atoms with van der Waals surface area (Å²) in [6.07, 6.45) is 1.70. The van der Waals surface area contributed by atoms with Crippen molar-refractivity contribution >= 4 is 11.4 Å². The first-order valence-corrected chi connectivity index (χ1v) is 7.20. The number of aryl methyl sites for hydroxylation is 3. The maximum atomic E-state index is 10.8. The van der Waals surface area contributed by atoms with Crippen LogP contribution in [-0.4, -0.2) is 29.8 Å². The van der Waals surface area contributed by atoms with Gasteiger partial charge in [-0.1, -0.05) is 5.16 Å². The lowest BCUT2D eigenvalue weighted by molar-refractivity contribution is -0.385. The molecule has 3 aromatic rings. The van der Waals surface area contributed by atoms with Crippen LogP contribution in [0, 0.1) is 27.2 Å². The second-order valence-electron chi connectivity index (χ2n) is 5.19. The van der Waals surface area contributed by atoms with Gasteiger partial charge in [0.1, 0.15) is 11.9 Å². The number of nitrogens with zero attached hydrogens (tertiary/aromatic N) is 6. The zero-order valence-corrected chi connectivity index (χ0v) is 13.0. The lowest BCUT2D eigenvalue weighted by atomic mass is 10.2. The zero-order chi connectivity index (χ0) is 18.0. The molecule has 0 saturated carbocycles. The fourth-order valence-corrected chi connectivity index (χ4v) is 2.22. The molecule has 0 aliphatic heterocycles. The van der Waals surface area contributed by atoms with Gasteiger partial charge in [0.2, 0.25) is 11.7 Å². The van der Waals surface area contributed by atoms with Crippen molar-refractivity contribution in [2.75, 3.05) is 0 Å². The van der Waals surface area contributed by atoms with E-state index in [4.69, 9.17) is 4.52 Å². The van der Waals surface area contributed by atoms with E-state index in [0.717, 1.165) is 0 Å². The number of aromatic nitrogens is 4. The molecule has 25 heavy (non-hydrogen) atoms. The van der Waals surface area contributed by atoms with Gasteiger partial charge in [0.15, 0.2) is 0 Å². The normalized spacial score (nSPS) is 10.8. The molecular formula is C14H12N6O5. The van der Waals surface area contributed by atoms with E-state index in [2.05, 4.69) is 15.2 Å². The molecule has 0 radical (unpaired) electrons. The first kappa shape index (κ1) is 16.2. The molecule has 11 nitrogen and oxygen atoms in total. The van der Waals surface area contributed by atoms with E-state index in [-0.39, 0.29) is 11.4 Å². The van der Waals surface area contributed by atoms with Gasteiger partial charge < -0.3 is 4.52 Å². The Kier molecular flexibility index (Phi) is 4.20. The largest absolute Gasteiger partial charge is 0.339 e. The lowest BCUT2D eigenvalue weighted by Gasteiger charge is -1.96. The van der Waals surface area contributed by atoms with Crippen LogP contribution < -0.4 is 0 Å². The maximum absolute atomic E-state index is 10.8. The molecule has 0 N–H and O–H groups in total. The van der Waals surface area contributed by atoms with Gasteiger partial charge in [-0.2, -0.15) is 10.1 Å². The molecule has 2 aromatic heterocycles. The summed E-state index contributed by atoms with van der Waals surface area (Å²) in [4.78, 5) is 24.7. The number of nitro groups is 2. The summed E-state index contributed by atoms with van der Waals surface area (Å²) in [7, 11) is 0. The zero-order valence-electron chi connectivity index (χ0n) is 13.0. The molecule has 1 aromatic carbocycles. The monoisotopic (exact) mass is 344 g/mol. The summed E-state index contributed by atoms with van der Waals surface area (Å²) < 4.78 is 6.58. The van der Waals surface area contributed by atoms with Crippen molar-refractivity contribution in [3.05, 3.63) is 62.3 Å². The van der Waals surface area contributed by atoms with Crippen molar-refractivity contribution in [3.8, 4) is 11.4 Å². The van der Waals surface area contributed by atoms with Crippen LogP contribution in [0.25, 0.3) is 11.4 Å². The number of nitro benzene ring substituents is 1. The summed E-state index contributed by atoms with van der Waals surface area (Å²) in [6, 6.07) is 5.79. The van der Waals surface area contributed by atoms with Crippen LogP contribution in [0.2, 0.25) is 0 Å². The number of hydrogen-bond donors (Lipinski definition) is 0. The second kappa shape index (κ2) is 6.47. The van der Waals surface area contributed by atoms with Gasteiger partial charge in [0, 0.05) is 30.7 Å². The smallest absolute Gasteiger partial charge is 0.309 e. The fraction of sp³-hybridized carbons (Fsp3) is 0.214. The Balaban J connectivity index is 1.68. The molecule has 3 rings (SSSR count). The highest BCUT2D eigenvalue weighted by Gasteiger charge is 2.16. The van der Waals surface area contributed by atoms with Crippen LogP contribution >= 0.6 is 0 Å². The molecular weight excluding hydrogens is 332 g/mol. The van der Waals surface area contributed by atoms with Gasteiger partial charge in [0.25, 0.3) is 5.69 Å². The Morgan fingerprint density at radius 2 is 1.88 bits per heavy atom. The first-order valence-electron chi connectivity index (χ1n) is 7.20. The highest BCUT2D eigenvalue weighted by molar-refractivity contribution is 5.56. The van der Waals surface area contributed by atoms with Gasteiger partial charge in [-0.15, -0.1) is 0 Å². The van der Waals surface area contributed by atoms with Gasteiger partial charge >= 0.3 is 5.69 Å². The minimum Gasteiger partial charge on any atom is -0.339 e. The van der Waals surface area contributed by atoms with Crippen LogP contribution in [0.1, 0.15) is 11.6 Å². The maximum Gasteiger partial charge on any atom is 0.309 e. The van der Waals surface area contributed by atoms with Crippen LogP contribution in [0.15, 0.2) is 35.0 Å². The minimum atomic E-state index is -0.489. The molecule has 0 spiro atoms. The van der Waals surface area contributed by atoms with E-state index in [0.29, 0.717) is 35.9 Å². The predicted octanol–water partition coefficient (Wildman–Crippen LogP) is 2.30. The predicted molar refractivity (Wildman–Crippen MR) is 83.7 cm³/mol. The Bertz CT molecular complexity index is 930. The van der Waals surface area contributed by atoms with E-state index in [1.165, 1.54) is 35.1 Å². The minimum absolute atomic E-state index is 0.0249. The van der Waals surface area contributed by atoms with Gasteiger partial charge in [-0.3, -0.25) is 24.9 Å². The third kappa shape index (κ3) is 3.49. The Labute approximate surface area is 140 Å². The topological polar surface area (TPSA) is 143 Å². The summed E-state index contributed by atoms with van der Waals surface area (Å²) >= 11 is 0. The molecule has 11 heteroatoms. The molecule has 0 aliphatic carbocycles. The van der Waals surface area contributed by atoms with E-state index >= 15 is 0 Å². The molecule has 0 aliphatic rings. The number of rotatable bonds is 6. The Morgan fingerprint density at radius 3 is 2.48 bits per heavy atom. The second-order valence-corrected chi connectivity index (χ2v) is 5.19. The fourth-order valence-electron chi connectivity index (χ4n) is 2.22. The average Bonchev–Trinajstić information content (AvgIpc) is 3.19. The number of hydrogen-bond acceptors (Lipinski definition) is 8. The Hall–Kier alpha value is -3.63. The lowest BCUT2D eigenvalue weighted by Crippen LogP contribution is -2.02. The quantitative estimate of drug-likeness (QED) is 0.489. The molecule has 0 atom stereocenters. The number of benzene rings is 1. The average molecular weight is 344 g/mol. The number of non-ortho nitro benzene ring substituents is 1. The third-order valence-electron chi connectivity index (χ3n) is 3.48. The highest BCUT2D eigenvalue weighted by Crippen LogP contribution is 2.20. The van der Waals surface area contributed by atoms with Gasteiger partial charge in [0.05, 0.1) is 9.85 Å². The van der Waals surface area contributed by atoms with Crippen molar-refractivity contribution in [1.29, 1.82) is 0 Å². The summed E-state index contributed by atoms with van der Waals surface area (Å²) in [5.74, 6) is 0.650. The van der Waals surface area contributed by atoms with Crippen molar-refractivity contribution in [3.63, 3.8) is 0 Å². The third-order valence-corrected chi connectivity index (χ3v) is 3.48. The van der Waals surface area contributed by atoms with Crippen LogP contribution in [0.5, 0.6) is 0 Å². The van der Waals surface area contributed by atoms with Crippen molar-refractivity contribution in [2.24, 2.45) is 0 Å². The summed E-state index contributed by atoms with van der Waals surface area (Å²) in [5, 5.41) is 29.3. The van der Waals surface area contributed by atoms with E-state index in [1.807, 2.05) is 0 Å². The summed E-state index contributed by atoms with van der Waals surface area (Å²) in [6.45, 7) is 1.91. The van der Waals surface area contributed by atoms with E-state index in [9.17, 15) is 20.2 Å². The van der Waals surface area contributed by atoms with Crippen LogP contribution in [-0.2, 0) is 13.0 Å². The van der Waals surface area contributed by atoms with Crippen molar-refractivity contribution in [1.82, 2.24) is 19.9 Å². The molecule has 0 bridgehead atoms. The molecule has 0 saturated heterocycles. The van der Waals surface area contributed by atoms with Crippen molar-refractivity contribution < 1.29 is 14.4 Å². The summed E-state index contributed by atoms with van der Waals surface area (Å²) in [5.41, 5.74) is 0.855. The van der Waals surface area contributed by atoms with Gasteiger partial charge in [-0.05, 0) is 19.1 Å². The molecule has 0 fully saturated rings. The van der Waals surface area contributed by atoms with E-state index in [1.54, 1.807) is 6.92 Å². The highest BCUT2D eigenvalue weighted by atomic mass is 16.6. The van der Waals surface area contributed by atoms with Crippen LogP contribution in [0.4, 0.5) is 11.4 Å². The molecule has 0 amide bonds. The van der Waals surface area contributed by atoms with E-state index < -0.39 is 9.85 Å².